The summed E-state index contributed by atoms with van der Waals surface area (Å²) in [6, 6.07) is 21.2. The van der Waals surface area contributed by atoms with Crippen LogP contribution in [-0.4, -0.2) is 26.2 Å². The third kappa shape index (κ3) is 4.98. The smallest absolute Gasteiger partial charge is 0.262 e. The number of pyridine rings is 1. The van der Waals surface area contributed by atoms with Crippen LogP contribution in [0.25, 0.3) is 10.9 Å². The third-order valence-electron chi connectivity index (χ3n) is 5.79. The molecule has 33 heavy (non-hydrogen) atoms. The lowest BCUT2D eigenvalue weighted by Crippen LogP contribution is -2.31. The fourth-order valence-electron chi connectivity index (χ4n) is 3.98. The summed E-state index contributed by atoms with van der Waals surface area (Å²) in [5.41, 5.74) is 2.55. The van der Waals surface area contributed by atoms with Gasteiger partial charge in [-0.15, -0.1) is 0 Å². The van der Waals surface area contributed by atoms with E-state index < -0.39 is 0 Å². The quantitative estimate of drug-likeness (QED) is 0.318. The molecule has 0 aliphatic heterocycles. The number of carbonyl (C=O) groups excluding carboxylic acids is 1. The van der Waals surface area contributed by atoms with Gasteiger partial charge in [-0.1, -0.05) is 60.3 Å². The fraction of sp³-hybridized carbons (Fsp3) is 0.231. The lowest BCUT2D eigenvalue weighted by molar-refractivity contribution is -0.119. The molecule has 0 spiro atoms. The zero-order chi connectivity index (χ0) is 22.6. The minimum atomic E-state index is -0.118. The molecule has 1 N–H and O–H groups in total. The number of amides is 1. The van der Waals surface area contributed by atoms with E-state index in [4.69, 9.17) is 4.98 Å². The van der Waals surface area contributed by atoms with E-state index in [1.807, 2.05) is 48.5 Å². The molecule has 1 fully saturated rings. The Morgan fingerprint density at radius 3 is 2.61 bits per heavy atom. The fourth-order valence-corrected chi connectivity index (χ4v) is 4.79. The Balaban J connectivity index is 1.38. The molecule has 0 bridgehead atoms. The Bertz CT molecular complexity index is 1320. The van der Waals surface area contributed by atoms with Gasteiger partial charge in [-0.25, -0.2) is 4.98 Å². The van der Waals surface area contributed by atoms with Crippen molar-refractivity contribution in [1.29, 1.82) is 0 Å². The molecule has 1 aliphatic carbocycles. The number of aromatic nitrogens is 3. The molecule has 7 heteroatoms. The first-order valence-electron chi connectivity index (χ1n) is 11.0. The number of thioether (sulfide) groups is 1. The number of rotatable bonds is 8. The maximum Gasteiger partial charge on any atom is 0.262 e. The maximum absolute atomic E-state index is 13.2. The van der Waals surface area contributed by atoms with E-state index in [1.54, 1.807) is 23.0 Å². The van der Waals surface area contributed by atoms with Gasteiger partial charge in [0.05, 0.1) is 29.2 Å². The summed E-state index contributed by atoms with van der Waals surface area (Å²) in [5.74, 6) is 0.619. The minimum Gasteiger partial charge on any atom is -0.348 e. The lowest BCUT2D eigenvalue weighted by atomic mass is 10.0. The topological polar surface area (TPSA) is 76.9 Å². The van der Waals surface area contributed by atoms with Gasteiger partial charge in [0.2, 0.25) is 5.91 Å². The number of hydrogen-bond donors (Lipinski definition) is 1. The Morgan fingerprint density at radius 1 is 1.06 bits per heavy atom. The first-order chi connectivity index (χ1) is 16.2. The van der Waals surface area contributed by atoms with Crippen molar-refractivity contribution in [3.63, 3.8) is 0 Å². The van der Waals surface area contributed by atoms with Gasteiger partial charge in [-0.3, -0.25) is 19.1 Å². The minimum absolute atomic E-state index is 0.0291. The van der Waals surface area contributed by atoms with Crippen molar-refractivity contribution in [3.8, 4) is 0 Å². The SMILES string of the molecule is O=C(CSc1nc2ccccc2c(=O)n1Cc1cccnc1)NC(c1ccccc1)C1CC1. The Labute approximate surface area is 196 Å². The highest BCUT2D eigenvalue weighted by atomic mass is 32.2. The van der Waals surface area contributed by atoms with E-state index in [-0.39, 0.29) is 23.3 Å². The van der Waals surface area contributed by atoms with Crippen molar-refractivity contribution < 1.29 is 4.79 Å². The van der Waals surface area contributed by atoms with Crippen LogP contribution in [0.15, 0.2) is 89.1 Å². The number of para-hydroxylation sites is 1. The van der Waals surface area contributed by atoms with E-state index in [9.17, 15) is 9.59 Å². The first kappa shape index (κ1) is 21.4. The lowest BCUT2D eigenvalue weighted by Gasteiger charge is -2.19. The second-order valence-electron chi connectivity index (χ2n) is 8.25. The van der Waals surface area contributed by atoms with Crippen LogP contribution in [0.4, 0.5) is 0 Å². The second kappa shape index (κ2) is 9.58. The molecule has 2 aromatic heterocycles. The second-order valence-corrected chi connectivity index (χ2v) is 9.19. The molecule has 2 heterocycles. The standard InChI is InChI=1S/C26H24N4O2S/c31-23(29-24(20-12-13-20)19-8-2-1-3-9-19)17-33-26-28-22-11-5-4-10-21(22)25(32)30(26)16-18-7-6-14-27-15-18/h1-11,14-15,20,24H,12-13,16-17H2,(H,29,31). The van der Waals surface area contributed by atoms with Gasteiger partial charge in [0.1, 0.15) is 0 Å². The largest absolute Gasteiger partial charge is 0.348 e. The van der Waals surface area contributed by atoms with Crippen LogP contribution in [-0.2, 0) is 11.3 Å². The van der Waals surface area contributed by atoms with Crippen molar-refractivity contribution in [1.82, 2.24) is 19.9 Å². The van der Waals surface area contributed by atoms with E-state index in [1.165, 1.54) is 11.8 Å². The monoisotopic (exact) mass is 456 g/mol. The molecule has 4 aromatic rings. The summed E-state index contributed by atoms with van der Waals surface area (Å²) in [7, 11) is 0. The predicted octanol–water partition coefficient (Wildman–Crippen LogP) is 4.20. The molecule has 6 nitrogen and oxygen atoms in total. The van der Waals surface area contributed by atoms with E-state index in [2.05, 4.69) is 22.4 Å². The number of hydrogen-bond acceptors (Lipinski definition) is 5. The highest BCUT2D eigenvalue weighted by Gasteiger charge is 2.33. The van der Waals surface area contributed by atoms with Crippen LogP contribution in [0.2, 0.25) is 0 Å². The predicted molar refractivity (Wildman–Crippen MR) is 130 cm³/mol. The Kier molecular flexibility index (Phi) is 6.21. The van der Waals surface area contributed by atoms with E-state index in [0.29, 0.717) is 28.5 Å². The van der Waals surface area contributed by atoms with E-state index in [0.717, 1.165) is 24.0 Å². The third-order valence-corrected chi connectivity index (χ3v) is 6.77. The molecule has 0 saturated heterocycles. The number of carbonyl (C=O) groups is 1. The number of fused-ring (bicyclic) bond motifs is 1. The van der Waals surface area contributed by atoms with E-state index >= 15 is 0 Å². The molecular weight excluding hydrogens is 432 g/mol. The van der Waals surface area contributed by atoms with Crippen LogP contribution in [0, 0.1) is 5.92 Å². The average Bonchev–Trinajstić information content (AvgIpc) is 3.70. The van der Waals surface area contributed by atoms with Gasteiger partial charge in [0.25, 0.3) is 5.56 Å². The van der Waals surface area contributed by atoms with Crippen LogP contribution in [0.1, 0.15) is 30.0 Å². The first-order valence-corrected chi connectivity index (χ1v) is 12.0. The van der Waals surface area contributed by atoms with Crippen molar-refractivity contribution >= 4 is 28.6 Å². The van der Waals surface area contributed by atoms with Crippen LogP contribution in [0.3, 0.4) is 0 Å². The molecular formula is C26H24N4O2S. The molecule has 166 valence electrons. The van der Waals surface area contributed by atoms with Gasteiger partial charge in [0, 0.05) is 12.4 Å². The van der Waals surface area contributed by atoms with Gasteiger partial charge >= 0.3 is 0 Å². The van der Waals surface area contributed by atoms with Gasteiger partial charge in [-0.05, 0) is 48.1 Å². The van der Waals surface area contributed by atoms with Crippen molar-refractivity contribution in [2.24, 2.45) is 5.92 Å². The Hall–Kier alpha value is -3.45. The zero-order valence-corrected chi connectivity index (χ0v) is 18.9. The van der Waals surface area contributed by atoms with Crippen molar-refractivity contribution in [2.75, 3.05) is 5.75 Å². The molecule has 1 atom stereocenters. The van der Waals surface area contributed by atoms with Crippen LogP contribution < -0.4 is 10.9 Å². The van der Waals surface area contributed by atoms with Gasteiger partial charge in [0.15, 0.2) is 5.16 Å². The van der Waals surface area contributed by atoms with Crippen molar-refractivity contribution in [3.05, 3.63) is 101 Å². The van der Waals surface area contributed by atoms with Crippen LogP contribution >= 0.6 is 11.8 Å². The molecule has 1 saturated carbocycles. The summed E-state index contributed by atoms with van der Waals surface area (Å²) < 4.78 is 1.63. The summed E-state index contributed by atoms with van der Waals surface area (Å²) in [5, 5.41) is 4.29. The summed E-state index contributed by atoms with van der Waals surface area (Å²) in [6.07, 6.45) is 5.70. The van der Waals surface area contributed by atoms with Gasteiger partial charge in [-0.2, -0.15) is 0 Å². The molecule has 0 radical (unpaired) electrons. The maximum atomic E-state index is 13.2. The molecule has 5 rings (SSSR count). The Morgan fingerprint density at radius 2 is 1.85 bits per heavy atom. The molecule has 2 aromatic carbocycles. The van der Waals surface area contributed by atoms with Gasteiger partial charge < -0.3 is 5.32 Å². The number of benzene rings is 2. The normalized spacial score (nSPS) is 14.2. The zero-order valence-electron chi connectivity index (χ0n) is 18.1. The average molecular weight is 457 g/mol. The van der Waals surface area contributed by atoms with Crippen molar-refractivity contribution in [2.45, 2.75) is 30.6 Å². The number of nitrogens with one attached hydrogen (secondary N) is 1. The molecule has 1 amide bonds. The highest BCUT2D eigenvalue weighted by molar-refractivity contribution is 7.99. The molecule has 1 aliphatic rings. The van der Waals surface area contributed by atoms with Crippen LogP contribution in [0.5, 0.6) is 0 Å². The summed E-state index contributed by atoms with van der Waals surface area (Å²) in [6.45, 7) is 0.350. The summed E-state index contributed by atoms with van der Waals surface area (Å²) in [4.78, 5) is 35.0. The number of nitrogens with zero attached hydrogens (tertiary/aromatic N) is 3. The highest BCUT2D eigenvalue weighted by Crippen LogP contribution is 2.41. The summed E-state index contributed by atoms with van der Waals surface area (Å²) >= 11 is 1.29. The molecule has 1 unspecified atom stereocenters.